The molecular weight excluding hydrogens is 288 g/mol. The first-order valence-corrected chi connectivity index (χ1v) is 9.74. The Hall–Kier alpha value is -0.830. The molecule has 0 aliphatic rings. The third-order valence-electron chi connectivity index (χ3n) is 4.31. The minimum absolute atomic E-state index is 0.0725. The summed E-state index contributed by atoms with van der Waals surface area (Å²) in [5, 5.41) is 18.3. The minimum atomic E-state index is -0.849. The molecule has 0 heterocycles. The fraction of sp³-hybridized carbons (Fsp3) is 0.850. The first-order valence-electron chi connectivity index (χ1n) is 9.74. The Morgan fingerprint density at radius 2 is 1.30 bits per heavy atom. The molecule has 0 aromatic rings. The fourth-order valence-electron chi connectivity index (χ4n) is 2.84. The van der Waals surface area contributed by atoms with Crippen LogP contribution in [-0.2, 0) is 4.79 Å². The van der Waals surface area contributed by atoms with Crippen LogP contribution in [0.4, 0.5) is 0 Å². The molecular formula is C20H38O3. The van der Waals surface area contributed by atoms with Gasteiger partial charge in [0.05, 0.1) is 6.10 Å². The summed E-state index contributed by atoms with van der Waals surface area (Å²) in [5.41, 5.74) is 0. The van der Waals surface area contributed by atoms with E-state index < -0.39 is 5.97 Å². The highest BCUT2D eigenvalue weighted by atomic mass is 16.4. The quantitative estimate of drug-likeness (QED) is 0.260. The van der Waals surface area contributed by atoms with Crippen LogP contribution in [0.3, 0.4) is 0 Å². The van der Waals surface area contributed by atoms with E-state index in [4.69, 9.17) is 5.11 Å². The summed E-state index contributed by atoms with van der Waals surface area (Å²) >= 11 is 0. The summed E-state index contributed by atoms with van der Waals surface area (Å²) in [6.07, 6.45) is 20.6. The van der Waals surface area contributed by atoms with E-state index >= 15 is 0 Å². The van der Waals surface area contributed by atoms with Gasteiger partial charge in [-0.2, -0.15) is 0 Å². The molecule has 0 spiro atoms. The van der Waals surface area contributed by atoms with Crippen LogP contribution in [0.5, 0.6) is 0 Å². The molecule has 0 aromatic heterocycles. The Morgan fingerprint density at radius 3 is 1.83 bits per heavy atom. The SMILES string of the molecule is CCCCCC(O)CCCCCCCCCCCC=CC(=O)O. The number of aliphatic hydroxyl groups is 1. The number of unbranched alkanes of at least 4 members (excludes halogenated alkanes) is 11. The number of carboxylic acids is 1. The lowest BCUT2D eigenvalue weighted by Gasteiger charge is -2.09. The van der Waals surface area contributed by atoms with E-state index in [2.05, 4.69) is 6.92 Å². The van der Waals surface area contributed by atoms with Crippen molar-refractivity contribution in [1.82, 2.24) is 0 Å². The van der Waals surface area contributed by atoms with Gasteiger partial charge in [0.15, 0.2) is 0 Å². The molecule has 1 atom stereocenters. The van der Waals surface area contributed by atoms with Gasteiger partial charge in [0.1, 0.15) is 0 Å². The van der Waals surface area contributed by atoms with E-state index in [1.165, 1.54) is 76.7 Å². The van der Waals surface area contributed by atoms with Gasteiger partial charge in [-0.05, 0) is 25.7 Å². The molecule has 0 aliphatic carbocycles. The third kappa shape index (κ3) is 19.1. The second kappa shape index (κ2) is 17.5. The first-order chi connectivity index (χ1) is 11.2. The minimum Gasteiger partial charge on any atom is -0.478 e. The molecule has 1 unspecified atom stereocenters. The second-order valence-electron chi connectivity index (χ2n) is 6.65. The van der Waals surface area contributed by atoms with Crippen LogP contribution in [0.2, 0.25) is 0 Å². The molecule has 0 amide bonds. The predicted octanol–water partition coefficient (Wildman–Crippen LogP) is 5.86. The Kier molecular flexibility index (Phi) is 16.9. The monoisotopic (exact) mass is 326 g/mol. The molecule has 0 aliphatic heterocycles. The van der Waals surface area contributed by atoms with Crippen molar-refractivity contribution in [3.05, 3.63) is 12.2 Å². The van der Waals surface area contributed by atoms with Crippen LogP contribution in [-0.4, -0.2) is 22.3 Å². The highest BCUT2D eigenvalue weighted by Gasteiger charge is 2.03. The fourth-order valence-corrected chi connectivity index (χ4v) is 2.84. The lowest BCUT2D eigenvalue weighted by Crippen LogP contribution is -2.05. The maximum absolute atomic E-state index is 10.3. The van der Waals surface area contributed by atoms with Gasteiger partial charge in [-0.3, -0.25) is 0 Å². The smallest absolute Gasteiger partial charge is 0.327 e. The van der Waals surface area contributed by atoms with Gasteiger partial charge in [0, 0.05) is 6.08 Å². The molecule has 23 heavy (non-hydrogen) atoms. The summed E-state index contributed by atoms with van der Waals surface area (Å²) in [4.78, 5) is 10.3. The summed E-state index contributed by atoms with van der Waals surface area (Å²) in [6.45, 7) is 2.20. The van der Waals surface area contributed by atoms with E-state index in [0.29, 0.717) is 0 Å². The first kappa shape index (κ1) is 22.2. The van der Waals surface area contributed by atoms with Crippen molar-refractivity contribution in [2.75, 3.05) is 0 Å². The van der Waals surface area contributed by atoms with Gasteiger partial charge < -0.3 is 10.2 Å². The lowest BCUT2D eigenvalue weighted by atomic mass is 10.0. The van der Waals surface area contributed by atoms with Crippen molar-refractivity contribution in [2.45, 2.75) is 109 Å². The van der Waals surface area contributed by atoms with Crippen molar-refractivity contribution in [1.29, 1.82) is 0 Å². The Labute approximate surface area is 143 Å². The van der Waals surface area contributed by atoms with Gasteiger partial charge in [0.25, 0.3) is 0 Å². The van der Waals surface area contributed by atoms with E-state index in [9.17, 15) is 9.90 Å². The lowest BCUT2D eigenvalue weighted by molar-refractivity contribution is -0.131. The van der Waals surface area contributed by atoms with Gasteiger partial charge >= 0.3 is 5.97 Å². The molecule has 0 saturated heterocycles. The average Bonchev–Trinajstić information content (AvgIpc) is 2.51. The number of carbonyl (C=O) groups is 1. The van der Waals surface area contributed by atoms with E-state index in [1.807, 2.05) is 0 Å². The number of hydrogen-bond donors (Lipinski definition) is 2. The molecule has 136 valence electrons. The molecule has 3 nitrogen and oxygen atoms in total. The van der Waals surface area contributed by atoms with Crippen molar-refractivity contribution in [3.63, 3.8) is 0 Å². The summed E-state index contributed by atoms with van der Waals surface area (Å²) < 4.78 is 0. The van der Waals surface area contributed by atoms with Gasteiger partial charge in [0.2, 0.25) is 0 Å². The van der Waals surface area contributed by atoms with Crippen molar-refractivity contribution in [2.24, 2.45) is 0 Å². The normalized spacial score (nSPS) is 12.8. The number of aliphatic hydroxyl groups excluding tert-OH is 1. The van der Waals surface area contributed by atoms with Crippen molar-refractivity contribution in [3.8, 4) is 0 Å². The Morgan fingerprint density at radius 1 is 0.826 bits per heavy atom. The second-order valence-corrected chi connectivity index (χ2v) is 6.65. The van der Waals surface area contributed by atoms with Crippen LogP contribution in [0.15, 0.2) is 12.2 Å². The standard InChI is InChI=1S/C20H38O3/c1-2-3-13-16-19(21)17-14-11-9-7-5-4-6-8-10-12-15-18-20(22)23/h15,18-19,21H,2-14,16-17H2,1H3,(H,22,23). The molecule has 0 saturated carbocycles. The Balaban J connectivity index is 3.14. The van der Waals surface area contributed by atoms with Gasteiger partial charge in [-0.1, -0.05) is 83.6 Å². The van der Waals surface area contributed by atoms with Crippen LogP contribution in [0.1, 0.15) is 103 Å². The maximum Gasteiger partial charge on any atom is 0.327 e. The average molecular weight is 327 g/mol. The van der Waals surface area contributed by atoms with E-state index in [-0.39, 0.29) is 6.10 Å². The van der Waals surface area contributed by atoms with Crippen LogP contribution >= 0.6 is 0 Å². The third-order valence-corrected chi connectivity index (χ3v) is 4.31. The molecule has 0 rings (SSSR count). The number of hydrogen-bond acceptors (Lipinski definition) is 2. The van der Waals surface area contributed by atoms with Crippen molar-refractivity contribution < 1.29 is 15.0 Å². The zero-order chi connectivity index (χ0) is 17.2. The predicted molar refractivity (Wildman–Crippen MR) is 97.7 cm³/mol. The van der Waals surface area contributed by atoms with Crippen LogP contribution < -0.4 is 0 Å². The molecule has 0 radical (unpaired) electrons. The Bertz CT molecular complexity index is 287. The zero-order valence-electron chi connectivity index (χ0n) is 15.1. The molecule has 0 fully saturated rings. The van der Waals surface area contributed by atoms with Crippen LogP contribution in [0.25, 0.3) is 0 Å². The summed E-state index contributed by atoms with van der Waals surface area (Å²) in [5.74, 6) is -0.849. The highest BCUT2D eigenvalue weighted by Crippen LogP contribution is 2.14. The summed E-state index contributed by atoms with van der Waals surface area (Å²) in [6, 6.07) is 0. The van der Waals surface area contributed by atoms with Crippen LogP contribution in [0, 0.1) is 0 Å². The molecule has 0 bridgehead atoms. The molecule has 2 N–H and O–H groups in total. The summed E-state index contributed by atoms with van der Waals surface area (Å²) in [7, 11) is 0. The highest BCUT2D eigenvalue weighted by molar-refractivity contribution is 5.79. The zero-order valence-corrected chi connectivity index (χ0v) is 15.1. The van der Waals surface area contributed by atoms with Gasteiger partial charge in [-0.25, -0.2) is 4.79 Å². The number of aliphatic carboxylic acids is 1. The largest absolute Gasteiger partial charge is 0.478 e. The van der Waals surface area contributed by atoms with Gasteiger partial charge in [-0.15, -0.1) is 0 Å². The topological polar surface area (TPSA) is 57.5 Å². The number of carboxylic acid groups (broad SMARTS) is 1. The van der Waals surface area contributed by atoms with Crippen molar-refractivity contribution >= 4 is 5.97 Å². The molecule has 3 heteroatoms. The number of allylic oxidation sites excluding steroid dienone is 1. The van der Waals surface area contributed by atoms with E-state index in [1.54, 1.807) is 6.08 Å². The van der Waals surface area contributed by atoms with E-state index in [0.717, 1.165) is 25.7 Å². The number of rotatable bonds is 17. The maximum atomic E-state index is 10.3. The molecule has 0 aromatic carbocycles.